The monoisotopic (exact) mass is 886 g/mol. The summed E-state index contributed by atoms with van der Waals surface area (Å²) in [5.74, 6) is -0.424. The number of nitriles is 1. The molecule has 0 saturated carbocycles. The second-order valence-electron chi connectivity index (χ2n) is 17.8. The first kappa shape index (κ1) is 43.1. The molecule has 334 valence electrons. The number of aromatic amines is 1. The summed E-state index contributed by atoms with van der Waals surface area (Å²) >= 11 is 0. The summed E-state index contributed by atoms with van der Waals surface area (Å²) in [7, 11) is -3.38. The Morgan fingerprint density at radius 2 is 1.70 bits per heavy atom. The van der Waals surface area contributed by atoms with Crippen LogP contribution in [-0.2, 0) is 25.2 Å². The van der Waals surface area contributed by atoms with Crippen LogP contribution in [0.1, 0.15) is 80.1 Å². The molecule has 7 heterocycles. The Hall–Kier alpha value is -6.16. The third kappa shape index (κ3) is 8.84. The Morgan fingerprint density at radius 1 is 0.969 bits per heavy atom. The lowest BCUT2D eigenvalue weighted by Gasteiger charge is -2.47. The number of amides is 3. The van der Waals surface area contributed by atoms with Gasteiger partial charge in [-0.1, -0.05) is 12.1 Å². The van der Waals surface area contributed by atoms with Crippen molar-refractivity contribution in [3.05, 3.63) is 84.3 Å². The van der Waals surface area contributed by atoms with E-state index in [2.05, 4.69) is 59.0 Å². The summed E-state index contributed by atoms with van der Waals surface area (Å²) in [6, 6.07) is 19.6. The Morgan fingerprint density at radius 3 is 2.41 bits per heavy atom. The van der Waals surface area contributed by atoms with Crippen LogP contribution in [-0.4, -0.2) is 118 Å². The second-order valence-corrected chi connectivity index (χ2v) is 20.0. The number of nitrogens with zero attached hydrogens (tertiary/aromatic N) is 8. The maximum absolute atomic E-state index is 13.1. The lowest BCUT2D eigenvalue weighted by Crippen LogP contribution is -2.64. The van der Waals surface area contributed by atoms with Gasteiger partial charge in [0.05, 0.1) is 36.1 Å². The molecule has 4 aliphatic heterocycles. The summed E-state index contributed by atoms with van der Waals surface area (Å²) < 4.78 is 28.0. The van der Waals surface area contributed by atoms with Gasteiger partial charge >= 0.3 is 0 Å². The third-order valence-corrected chi connectivity index (χ3v) is 15.6. The van der Waals surface area contributed by atoms with Crippen LogP contribution >= 0.6 is 0 Å². The van der Waals surface area contributed by atoms with Gasteiger partial charge in [-0.05, 0) is 119 Å². The number of benzene rings is 2. The summed E-state index contributed by atoms with van der Waals surface area (Å²) in [6.07, 6.45) is 11.9. The van der Waals surface area contributed by atoms with E-state index in [1.165, 1.54) is 35.7 Å². The van der Waals surface area contributed by atoms with Crippen LogP contribution in [0.4, 0.5) is 17.3 Å². The van der Waals surface area contributed by atoms with E-state index in [9.17, 15) is 28.1 Å². The number of sulfonamides is 1. The molecule has 4 fully saturated rings. The number of nitrogens with one attached hydrogen (secondary N) is 4. The number of H-pyrrole nitrogens is 1. The van der Waals surface area contributed by atoms with Crippen LogP contribution in [0.3, 0.4) is 0 Å². The fourth-order valence-electron chi connectivity index (χ4n) is 9.76. The van der Waals surface area contributed by atoms with Gasteiger partial charge in [-0.25, -0.2) is 13.4 Å². The Kier molecular flexibility index (Phi) is 12.0. The largest absolute Gasteiger partial charge is 0.371 e. The van der Waals surface area contributed by atoms with Crippen molar-refractivity contribution in [2.24, 2.45) is 5.41 Å². The van der Waals surface area contributed by atoms with Gasteiger partial charge in [0.1, 0.15) is 11.2 Å². The van der Waals surface area contributed by atoms with Crippen molar-refractivity contribution in [2.45, 2.75) is 69.7 Å². The molecular formula is C46H54N12O5S. The molecule has 4 N–H and O–H groups in total. The molecule has 17 nitrogen and oxygen atoms in total. The summed E-state index contributed by atoms with van der Waals surface area (Å²) in [5, 5.41) is 23.8. The van der Waals surface area contributed by atoms with Crippen molar-refractivity contribution in [3.63, 3.8) is 0 Å². The van der Waals surface area contributed by atoms with Gasteiger partial charge in [0.2, 0.25) is 27.8 Å². The molecule has 4 aliphatic rings. The topological polar surface area (TPSA) is 214 Å². The first-order valence-electron chi connectivity index (χ1n) is 22.3. The molecule has 9 rings (SSSR count). The SMILES string of the molecule is CCS(=O)(=O)N1CC(CC#N)(n2cc(-c3nc(Nc4ccc(C(=O)NCCCN5CCC6(CC5)CCN(c5ccc(C7CCC(=O)NC7=O)cc5)CC6)cc4)nc4[nH]ccc34)cn2)C1. The quantitative estimate of drug-likeness (QED) is 0.0870. The van der Waals surface area contributed by atoms with Gasteiger partial charge in [-0.3, -0.25) is 24.4 Å². The Bertz CT molecular complexity index is 2670. The van der Waals surface area contributed by atoms with Gasteiger partial charge in [-0.2, -0.15) is 19.6 Å². The minimum Gasteiger partial charge on any atom is -0.371 e. The highest BCUT2D eigenvalue weighted by molar-refractivity contribution is 7.89. The highest BCUT2D eigenvalue weighted by Gasteiger charge is 2.50. The molecule has 18 heteroatoms. The molecule has 1 unspecified atom stereocenters. The van der Waals surface area contributed by atoms with Crippen molar-refractivity contribution >= 4 is 56.1 Å². The van der Waals surface area contributed by atoms with Crippen molar-refractivity contribution < 1.29 is 22.8 Å². The number of piperidine rings is 3. The molecule has 1 atom stereocenters. The van der Waals surface area contributed by atoms with Gasteiger partial charge < -0.3 is 25.4 Å². The lowest BCUT2D eigenvalue weighted by molar-refractivity contribution is -0.134. The molecule has 1 spiro atoms. The second kappa shape index (κ2) is 17.8. The van der Waals surface area contributed by atoms with Crippen LogP contribution in [0, 0.1) is 16.7 Å². The van der Waals surface area contributed by atoms with Gasteiger partial charge in [-0.15, -0.1) is 0 Å². The van der Waals surface area contributed by atoms with Gasteiger partial charge in [0, 0.05) is 79.4 Å². The predicted molar refractivity (Wildman–Crippen MR) is 242 cm³/mol. The average molecular weight is 887 g/mol. The normalized spacial score (nSPS) is 20.1. The van der Waals surface area contributed by atoms with Crippen LogP contribution in [0.15, 0.2) is 73.2 Å². The lowest BCUT2D eigenvalue weighted by atomic mass is 9.71. The molecule has 64 heavy (non-hydrogen) atoms. The van der Waals surface area contributed by atoms with E-state index in [-0.39, 0.29) is 48.9 Å². The molecule has 3 aromatic heterocycles. The number of rotatable bonds is 14. The molecular weight excluding hydrogens is 833 g/mol. The minimum atomic E-state index is -3.38. The highest BCUT2D eigenvalue weighted by atomic mass is 32.2. The summed E-state index contributed by atoms with van der Waals surface area (Å²) in [5.41, 5.74) is 4.99. The third-order valence-electron chi connectivity index (χ3n) is 13.8. The zero-order valence-electron chi connectivity index (χ0n) is 36.1. The Labute approximate surface area is 372 Å². The van der Waals surface area contributed by atoms with Crippen molar-refractivity contribution in [3.8, 4) is 17.3 Å². The number of likely N-dealkylation sites (tertiary alicyclic amines) is 1. The van der Waals surface area contributed by atoms with Crippen LogP contribution in [0.5, 0.6) is 0 Å². The molecule has 3 amide bonds. The highest BCUT2D eigenvalue weighted by Crippen LogP contribution is 2.42. The summed E-state index contributed by atoms with van der Waals surface area (Å²) in [6.45, 7) is 7.70. The number of aromatic nitrogens is 5. The van der Waals surface area contributed by atoms with Crippen molar-refractivity contribution in [1.82, 2.24) is 44.6 Å². The average Bonchev–Trinajstić information content (AvgIpc) is 3.98. The van der Waals surface area contributed by atoms with E-state index < -0.39 is 15.6 Å². The van der Waals surface area contributed by atoms with E-state index in [1.54, 1.807) is 36.1 Å². The fraction of sp³-hybridized carbons (Fsp3) is 0.457. The molecule has 0 bridgehead atoms. The number of hydrogen-bond acceptors (Lipinski definition) is 12. The van der Waals surface area contributed by atoms with Gasteiger partial charge in [0.15, 0.2) is 0 Å². The minimum absolute atomic E-state index is 0.00123. The van der Waals surface area contributed by atoms with Gasteiger partial charge in [0.25, 0.3) is 5.91 Å². The molecule has 0 radical (unpaired) electrons. The maximum Gasteiger partial charge on any atom is 0.251 e. The smallest absolute Gasteiger partial charge is 0.251 e. The first-order valence-corrected chi connectivity index (χ1v) is 23.9. The first-order chi connectivity index (χ1) is 30.9. The van der Waals surface area contributed by atoms with Crippen molar-refractivity contribution in [2.75, 3.05) is 68.3 Å². The zero-order chi connectivity index (χ0) is 44.5. The standard InChI is InChI=1S/C46H54N12O5S/c1-2-64(62,63)57-30-46(31-57,15-20-47)58-29-34(28-50-58)40-38-14-22-48-41(38)54-44(53-40)51-35-8-4-33(5-9-35)42(60)49-21-3-23-55-24-16-45(17-25-55)18-26-56(27-19-45)36-10-6-32(7-11-36)37-12-13-39(59)52-43(37)61/h4-11,14,22,28-29,37H,2-3,12-13,15-19,21,23-27,30-31H2,1H3,(H,49,60)(H,52,59,61)(H2,48,51,53,54). The fourth-order valence-corrected chi connectivity index (χ4v) is 11.0. The molecule has 0 aliphatic carbocycles. The predicted octanol–water partition coefficient (Wildman–Crippen LogP) is 4.86. The Balaban J connectivity index is 0.723. The number of hydrogen-bond donors (Lipinski definition) is 4. The van der Waals surface area contributed by atoms with E-state index in [0.717, 1.165) is 50.1 Å². The number of fused-ring (bicyclic) bond motifs is 1. The number of imide groups is 1. The van der Waals surface area contributed by atoms with Crippen molar-refractivity contribution in [1.29, 1.82) is 5.26 Å². The molecule has 4 saturated heterocycles. The van der Waals surface area contributed by atoms with Crippen LogP contribution < -0.4 is 20.9 Å². The van der Waals surface area contributed by atoms with E-state index in [1.807, 2.05) is 36.5 Å². The number of carbonyl (C=O) groups excluding carboxylic acids is 3. The van der Waals surface area contributed by atoms with E-state index >= 15 is 0 Å². The maximum atomic E-state index is 13.1. The number of anilines is 3. The zero-order valence-corrected chi connectivity index (χ0v) is 36.9. The van der Waals surface area contributed by atoms with Crippen LogP contribution in [0.2, 0.25) is 0 Å². The van der Waals surface area contributed by atoms with Crippen LogP contribution in [0.25, 0.3) is 22.3 Å². The molecule has 2 aromatic carbocycles. The molecule has 5 aromatic rings. The summed E-state index contributed by atoms with van der Waals surface area (Å²) in [4.78, 5) is 54.6. The van der Waals surface area contributed by atoms with E-state index in [4.69, 9.17) is 4.98 Å². The van der Waals surface area contributed by atoms with E-state index in [0.29, 0.717) is 58.9 Å². The number of carbonyl (C=O) groups is 3.